The van der Waals surface area contributed by atoms with Gasteiger partial charge in [-0.1, -0.05) is 0 Å². The van der Waals surface area contributed by atoms with Crippen LogP contribution in [0.3, 0.4) is 0 Å². The first-order valence-corrected chi connectivity index (χ1v) is 6.97. The Morgan fingerprint density at radius 1 is 1.28 bits per heavy atom. The maximum atomic E-state index is 5.85. The molecule has 0 aliphatic carbocycles. The molecule has 1 aromatic heterocycles. The zero-order valence-electron chi connectivity index (χ0n) is 9.79. The van der Waals surface area contributed by atoms with Crippen LogP contribution in [0.15, 0.2) is 42.5 Å². The molecule has 2 heterocycles. The van der Waals surface area contributed by atoms with Crippen LogP contribution in [0, 0.1) is 3.57 Å². The SMILES string of the molecule is Ic1cbc(N2CC(Oc3ccccc3)C2)nc1. The predicted octanol–water partition coefficient (Wildman–Crippen LogP) is 2.29. The normalized spacial score (nSPS) is 15.1. The molecule has 0 N–H and O–H groups in total. The summed E-state index contributed by atoms with van der Waals surface area (Å²) in [4.78, 5) is 6.63. The van der Waals surface area contributed by atoms with Crippen LogP contribution < -0.4 is 9.64 Å². The van der Waals surface area contributed by atoms with Crippen LogP contribution in [0.5, 0.6) is 5.75 Å². The van der Waals surface area contributed by atoms with E-state index < -0.39 is 0 Å². The molecule has 1 fully saturated rings. The van der Waals surface area contributed by atoms with Gasteiger partial charge < -0.3 is 0 Å². The molecule has 0 amide bonds. The summed E-state index contributed by atoms with van der Waals surface area (Å²) in [5, 5.41) is 0. The van der Waals surface area contributed by atoms with E-state index in [0.29, 0.717) is 0 Å². The van der Waals surface area contributed by atoms with Crippen molar-refractivity contribution in [3.05, 3.63) is 46.1 Å². The van der Waals surface area contributed by atoms with Gasteiger partial charge in [-0.15, -0.1) is 0 Å². The third kappa shape index (κ3) is 2.66. The van der Waals surface area contributed by atoms with Crippen LogP contribution in [0.4, 0.5) is 5.71 Å². The molecule has 0 unspecified atom stereocenters. The van der Waals surface area contributed by atoms with Gasteiger partial charge in [0.25, 0.3) is 0 Å². The third-order valence-corrected chi connectivity index (χ3v) is 3.57. The number of para-hydroxylation sites is 1. The van der Waals surface area contributed by atoms with E-state index >= 15 is 0 Å². The van der Waals surface area contributed by atoms with Gasteiger partial charge in [0.1, 0.15) is 0 Å². The van der Waals surface area contributed by atoms with E-state index in [1.807, 2.05) is 36.5 Å². The minimum atomic E-state index is 0.272. The fourth-order valence-corrected chi connectivity index (χ4v) is 2.27. The molecule has 0 saturated carbocycles. The van der Waals surface area contributed by atoms with E-state index in [4.69, 9.17) is 4.74 Å². The van der Waals surface area contributed by atoms with Gasteiger partial charge in [0.05, 0.1) is 0 Å². The summed E-state index contributed by atoms with van der Waals surface area (Å²) in [5.74, 6) is 3.02. The molecule has 1 aromatic carbocycles. The number of anilines is 1. The number of aromatic nitrogens is 1. The van der Waals surface area contributed by atoms with Gasteiger partial charge in [0.15, 0.2) is 0 Å². The first-order chi connectivity index (χ1) is 8.81. The van der Waals surface area contributed by atoms with Gasteiger partial charge in [-0.3, -0.25) is 0 Å². The minimum absolute atomic E-state index is 0.272. The monoisotopic (exact) mass is 350 g/mol. The molecule has 5 heteroatoms. The van der Waals surface area contributed by atoms with Crippen molar-refractivity contribution in [2.45, 2.75) is 6.10 Å². The molecule has 2 aromatic rings. The van der Waals surface area contributed by atoms with Crippen molar-refractivity contribution < 1.29 is 4.74 Å². The van der Waals surface area contributed by atoms with Crippen molar-refractivity contribution in [3.63, 3.8) is 0 Å². The second-order valence-corrected chi connectivity index (χ2v) is 5.54. The summed E-state index contributed by atoms with van der Waals surface area (Å²) in [6, 6.07) is 9.96. The zero-order chi connectivity index (χ0) is 12.4. The van der Waals surface area contributed by atoms with Gasteiger partial charge in [0.2, 0.25) is 0 Å². The first-order valence-electron chi connectivity index (χ1n) is 5.89. The van der Waals surface area contributed by atoms with Crippen LogP contribution in [-0.4, -0.2) is 31.1 Å². The standard InChI is InChI=1S/C13H12BIN2O/c15-10-6-14-13(16-7-10)17-8-12(9-17)18-11-4-2-1-3-5-11/h1-7,12H,8-9H2. The van der Waals surface area contributed by atoms with Gasteiger partial charge >= 0.3 is 121 Å². The van der Waals surface area contributed by atoms with Crippen LogP contribution in [0.1, 0.15) is 0 Å². The topological polar surface area (TPSA) is 25.4 Å². The number of nitrogens with zero attached hydrogens (tertiary/aromatic N) is 2. The van der Waals surface area contributed by atoms with Crippen molar-refractivity contribution in [1.82, 2.24) is 4.98 Å². The molecule has 1 aliphatic heterocycles. The molecule has 3 nitrogen and oxygen atoms in total. The number of rotatable bonds is 3. The Morgan fingerprint density at radius 2 is 2.06 bits per heavy atom. The number of hydrogen-bond donors (Lipinski definition) is 0. The van der Waals surface area contributed by atoms with Crippen LogP contribution in [0.2, 0.25) is 0 Å². The molecule has 90 valence electrons. The molecule has 0 spiro atoms. The molecule has 1 saturated heterocycles. The van der Waals surface area contributed by atoms with E-state index in [9.17, 15) is 0 Å². The number of hydrogen-bond acceptors (Lipinski definition) is 3. The van der Waals surface area contributed by atoms with Gasteiger partial charge in [-0.25, -0.2) is 0 Å². The molecule has 0 atom stereocenters. The third-order valence-electron chi connectivity index (χ3n) is 2.93. The fraction of sp³-hybridized carbons (Fsp3) is 0.231. The quantitative estimate of drug-likeness (QED) is 0.795. The summed E-state index contributed by atoms with van der Waals surface area (Å²) in [6.07, 6.45) is 2.16. The second-order valence-electron chi connectivity index (χ2n) is 4.29. The van der Waals surface area contributed by atoms with Crippen molar-refractivity contribution in [2.24, 2.45) is 0 Å². The first kappa shape index (κ1) is 12.0. The maximum absolute atomic E-state index is 5.85. The van der Waals surface area contributed by atoms with E-state index in [0.717, 1.165) is 28.1 Å². The average Bonchev–Trinajstić information content (AvgIpc) is 2.36. The van der Waals surface area contributed by atoms with Crippen LogP contribution in [0.25, 0.3) is 0 Å². The summed E-state index contributed by atoms with van der Waals surface area (Å²) in [5.41, 5.74) is 1.03. The fourth-order valence-electron chi connectivity index (χ4n) is 1.95. The van der Waals surface area contributed by atoms with E-state index in [2.05, 4.69) is 45.3 Å². The van der Waals surface area contributed by atoms with Crippen LogP contribution in [-0.2, 0) is 0 Å². The second kappa shape index (κ2) is 5.26. The summed E-state index contributed by atoms with van der Waals surface area (Å²) >= 11 is 2.26. The Kier molecular flexibility index (Phi) is 3.49. The Bertz CT molecular complexity index is 514. The van der Waals surface area contributed by atoms with E-state index in [1.165, 1.54) is 0 Å². The molecular weight excluding hydrogens is 338 g/mol. The van der Waals surface area contributed by atoms with Crippen molar-refractivity contribution >= 4 is 35.2 Å². The number of halogens is 1. The zero-order valence-corrected chi connectivity index (χ0v) is 11.9. The van der Waals surface area contributed by atoms with Crippen molar-refractivity contribution in [3.8, 4) is 5.75 Å². The summed E-state index contributed by atoms with van der Waals surface area (Å²) in [7, 11) is 0. The van der Waals surface area contributed by atoms with Gasteiger partial charge in [-0.05, 0) is 0 Å². The average molecular weight is 350 g/mol. The van der Waals surface area contributed by atoms with E-state index in [1.54, 1.807) is 0 Å². The molecule has 0 radical (unpaired) electrons. The van der Waals surface area contributed by atoms with E-state index in [-0.39, 0.29) is 6.10 Å². The Balaban J connectivity index is 1.56. The molecular formula is C13H12BIN2O. The summed E-state index contributed by atoms with van der Waals surface area (Å²) in [6.45, 7) is 3.87. The van der Waals surface area contributed by atoms with Gasteiger partial charge in [0, 0.05) is 0 Å². The van der Waals surface area contributed by atoms with Gasteiger partial charge in [-0.2, -0.15) is 0 Å². The molecule has 0 bridgehead atoms. The molecule has 1 aliphatic rings. The Hall–Kier alpha value is -1.11. The Morgan fingerprint density at radius 3 is 2.72 bits per heavy atom. The number of benzene rings is 1. The summed E-state index contributed by atoms with van der Waals surface area (Å²) < 4.78 is 7.02. The molecule has 18 heavy (non-hydrogen) atoms. The number of ether oxygens (including phenoxy) is 1. The van der Waals surface area contributed by atoms with Crippen molar-refractivity contribution in [1.29, 1.82) is 0 Å². The van der Waals surface area contributed by atoms with Crippen LogP contribution >= 0.6 is 22.6 Å². The predicted molar refractivity (Wildman–Crippen MR) is 81.4 cm³/mol. The molecule has 3 rings (SSSR count). The van der Waals surface area contributed by atoms with Crippen molar-refractivity contribution in [2.75, 3.05) is 18.0 Å². The Labute approximate surface area is 121 Å².